The lowest BCUT2D eigenvalue weighted by atomic mass is 9.86. The largest absolute Gasteiger partial charge is 0.382 e. The van der Waals surface area contributed by atoms with Gasteiger partial charge in [0.25, 0.3) is 0 Å². The lowest BCUT2D eigenvalue weighted by molar-refractivity contribution is 0.684. The molecule has 0 radical (unpaired) electrons. The summed E-state index contributed by atoms with van der Waals surface area (Å²) in [4.78, 5) is 0. The lowest BCUT2D eigenvalue weighted by Crippen LogP contribution is -2.20. The summed E-state index contributed by atoms with van der Waals surface area (Å²) < 4.78 is 0. The van der Waals surface area contributed by atoms with Crippen LogP contribution in [0.4, 0.5) is 5.69 Å². The lowest BCUT2D eigenvalue weighted by Gasteiger charge is -2.18. The minimum atomic E-state index is -0.422. The van der Waals surface area contributed by atoms with Crippen LogP contribution in [0.1, 0.15) is 38.7 Å². The van der Waals surface area contributed by atoms with Crippen LogP contribution in [0.3, 0.4) is 0 Å². The molecule has 2 rings (SSSR count). The smallest absolute Gasteiger partial charge is 0.0766 e. The van der Waals surface area contributed by atoms with Gasteiger partial charge in [-0.05, 0) is 50.8 Å². The molecule has 3 heteroatoms. The van der Waals surface area contributed by atoms with E-state index in [9.17, 15) is 0 Å². The summed E-state index contributed by atoms with van der Waals surface area (Å²) in [6.07, 6.45) is 3.30. The molecule has 2 unspecified atom stereocenters. The number of rotatable bonds is 3. The molecule has 1 aromatic carbocycles. The van der Waals surface area contributed by atoms with Crippen LogP contribution in [-0.4, -0.2) is 12.1 Å². The van der Waals surface area contributed by atoms with Gasteiger partial charge >= 0.3 is 0 Å². The number of nitriles is 1. The normalized spacial score (nSPS) is 23.7. The van der Waals surface area contributed by atoms with E-state index < -0.39 is 5.41 Å². The first-order valence-corrected chi connectivity index (χ1v) is 6.55. The van der Waals surface area contributed by atoms with Crippen molar-refractivity contribution in [3.8, 4) is 6.07 Å². The Hall–Kier alpha value is -1.53. The summed E-state index contributed by atoms with van der Waals surface area (Å²) >= 11 is 0. The average Bonchev–Trinajstić information content (AvgIpc) is 2.75. The molecule has 0 aliphatic heterocycles. The Labute approximate surface area is 109 Å². The van der Waals surface area contributed by atoms with E-state index in [4.69, 9.17) is 11.0 Å². The molecule has 18 heavy (non-hydrogen) atoms. The highest BCUT2D eigenvalue weighted by Gasteiger charge is 2.22. The molecule has 1 saturated carbocycles. The fraction of sp³-hybridized carbons (Fsp3) is 0.533. The number of benzene rings is 1. The number of hydrogen-bond acceptors (Lipinski definition) is 3. The number of nitrogens with zero attached hydrogens (tertiary/aromatic N) is 1. The first-order chi connectivity index (χ1) is 8.51. The molecule has 1 aliphatic carbocycles. The van der Waals surface area contributed by atoms with Crippen molar-refractivity contribution < 1.29 is 0 Å². The Morgan fingerprint density at radius 2 is 1.94 bits per heavy atom. The summed E-state index contributed by atoms with van der Waals surface area (Å²) in [7, 11) is 0. The van der Waals surface area contributed by atoms with Crippen molar-refractivity contribution in [3.05, 3.63) is 29.8 Å². The average molecular weight is 243 g/mol. The Morgan fingerprint density at radius 3 is 2.44 bits per heavy atom. The Bertz CT molecular complexity index is 442. The predicted octanol–water partition coefficient (Wildman–Crippen LogP) is 2.78. The van der Waals surface area contributed by atoms with E-state index in [1.54, 1.807) is 0 Å². The number of anilines is 1. The number of hydrogen-bond donors (Lipinski definition) is 2. The molecule has 1 aromatic rings. The van der Waals surface area contributed by atoms with Gasteiger partial charge in [0.2, 0.25) is 0 Å². The van der Waals surface area contributed by atoms with Gasteiger partial charge in [-0.2, -0.15) is 5.26 Å². The fourth-order valence-corrected chi connectivity index (χ4v) is 2.43. The Kier molecular flexibility index (Phi) is 3.58. The van der Waals surface area contributed by atoms with Crippen LogP contribution in [0.2, 0.25) is 0 Å². The van der Waals surface area contributed by atoms with Crippen LogP contribution in [0.5, 0.6) is 0 Å². The summed E-state index contributed by atoms with van der Waals surface area (Å²) in [6.45, 7) is 3.87. The van der Waals surface area contributed by atoms with E-state index in [-0.39, 0.29) is 0 Å². The van der Waals surface area contributed by atoms with E-state index in [0.717, 1.165) is 30.5 Å². The van der Waals surface area contributed by atoms with Crippen LogP contribution in [0.15, 0.2) is 24.3 Å². The second-order valence-corrected chi connectivity index (χ2v) is 5.73. The van der Waals surface area contributed by atoms with Crippen LogP contribution < -0.4 is 11.1 Å². The van der Waals surface area contributed by atoms with Crippen molar-refractivity contribution in [2.45, 2.75) is 50.6 Å². The highest BCUT2D eigenvalue weighted by Crippen LogP contribution is 2.25. The molecule has 1 fully saturated rings. The third-order valence-electron chi connectivity index (χ3n) is 3.73. The van der Waals surface area contributed by atoms with Crippen molar-refractivity contribution in [3.63, 3.8) is 0 Å². The van der Waals surface area contributed by atoms with Gasteiger partial charge in [0.1, 0.15) is 0 Å². The van der Waals surface area contributed by atoms with E-state index >= 15 is 0 Å². The Balaban J connectivity index is 2.02. The van der Waals surface area contributed by atoms with Crippen LogP contribution in [0.25, 0.3) is 0 Å². The van der Waals surface area contributed by atoms with Crippen molar-refractivity contribution in [1.82, 2.24) is 0 Å². The maximum atomic E-state index is 9.10. The van der Waals surface area contributed by atoms with Crippen molar-refractivity contribution in [1.29, 1.82) is 5.26 Å². The van der Waals surface area contributed by atoms with Gasteiger partial charge in [0.05, 0.1) is 11.5 Å². The molecule has 0 spiro atoms. The monoisotopic (exact) mass is 243 g/mol. The molecule has 3 nitrogen and oxygen atoms in total. The zero-order valence-corrected chi connectivity index (χ0v) is 11.1. The van der Waals surface area contributed by atoms with Gasteiger partial charge in [0.15, 0.2) is 0 Å². The highest BCUT2D eigenvalue weighted by atomic mass is 14.9. The summed E-state index contributed by atoms with van der Waals surface area (Å²) in [5, 5.41) is 12.6. The SMILES string of the molecule is CC(C)(C#N)c1ccc(NC2CCC(N)C2)cc1. The molecule has 0 saturated heterocycles. The van der Waals surface area contributed by atoms with Crippen LogP contribution >= 0.6 is 0 Å². The first kappa shape index (κ1) is 12.9. The predicted molar refractivity (Wildman–Crippen MR) is 74.3 cm³/mol. The van der Waals surface area contributed by atoms with Crippen molar-refractivity contribution in [2.75, 3.05) is 5.32 Å². The minimum absolute atomic E-state index is 0.347. The second kappa shape index (κ2) is 4.99. The van der Waals surface area contributed by atoms with Gasteiger partial charge in [0, 0.05) is 17.8 Å². The second-order valence-electron chi connectivity index (χ2n) is 5.73. The fourth-order valence-electron chi connectivity index (χ4n) is 2.43. The van der Waals surface area contributed by atoms with Gasteiger partial charge in [-0.15, -0.1) is 0 Å². The van der Waals surface area contributed by atoms with E-state index in [2.05, 4.69) is 23.5 Å². The molecule has 0 amide bonds. The maximum Gasteiger partial charge on any atom is 0.0766 e. The summed E-state index contributed by atoms with van der Waals surface area (Å²) in [5.74, 6) is 0. The first-order valence-electron chi connectivity index (χ1n) is 6.55. The molecule has 2 atom stereocenters. The summed E-state index contributed by atoms with van der Waals surface area (Å²) in [5.41, 5.74) is 7.65. The number of nitrogens with two attached hydrogens (primary N) is 1. The molecule has 1 aliphatic rings. The third kappa shape index (κ3) is 2.83. The molecule has 0 aromatic heterocycles. The van der Waals surface area contributed by atoms with Crippen LogP contribution in [0, 0.1) is 11.3 Å². The molecule has 0 bridgehead atoms. The Morgan fingerprint density at radius 1 is 1.28 bits per heavy atom. The zero-order chi connectivity index (χ0) is 13.2. The van der Waals surface area contributed by atoms with Gasteiger partial charge in [-0.25, -0.2) is 0 Å². The van der Waals surface area contributed by atoms with E-state index in [1.165, 1.54) is 0 Å². The molecule has 0 heterocycles. The molecular weight excluding hydrogens is 222 g/mol. The highest BCUT2D eigenvalue weighted by molar-refractivity contribution is 5.47. The minimum Gasteiger partial charge on any atom is -0.382 e. The zero-order valence-electron chi connectivity index (χ0n) is 11.1. The number of nitrogens with one attached hydrogen (secondary N) is 1. The standard InChI is InChI=1S/C15H21N3/c1-15(2,10-16)11-3-6-13(7-4-11)18-14-8-5-12(17)9-14/h3-4,6-7,12,14,18H,5,8-9,17H2,1-2H3. The summed E-state index contributed by atoms with van der Waals surface area (Å²) in [6, 6.07) is 11.3. The van der Waals surface area contributed by atoms with Gasteiger partial charge < -0.3 is 11.1 Å². The third-order valence-corrected chi connectivity index (χ3v) is 3.73. The van der Waals surface area contributed by atoms with Gasteiger partial charge in [-0.3, -0.25) is 0 Å². The van der Waals surface area contributed by atoms with E-state index in [0.29, 0.717) is 12.1 Å². The topological polar surface area (TPSA) is 61.8 Å². The quantitative estimate of drug-likeness (QED) is 0.858. The molecular formula is C15H21N3. The van der Waals surface area contributed by atoms with Crippen molar-refractivity contribution >= 4 is 5.69 Å². The molecule has 96 valence electrons. The van der Waals surface area contributed by atoms with Gasteiger partial charge in [-0.1, -0.05) is 12.1 Å². The maximum absolute atomic E-state index is 9.10. The van der Waals surface area contributed by atoms with E-state index in [1.807, 2.05) is 26.0 Å². The van der Waals surface area contributed by atoms with Crippen molar-refractivity contribution in [2.24, 2.45) is 5.73 Å². The molecule has 3 N–H and O–H groups in total. The van der Waals surface area contributed by atoms with Crippen LogP contribution in [-0.2, 0) is 5.41 Å².